The van der Waals surface area contributed by atoms with Gasteiger partial charge in [-0.1, -0.05) is 29.3 Å². The molecular weight excluding hydrogens is 375 g/mol. The molecule has 1 unspecified atom stereocenters. The summed E-state index contributed by atoms with van der Waals surface area (Å²) in [4.78, 5) is 18.2. The molecule has 0 N–H and O–H groups in total. The first kappa shape index (κ1) is 16.3. The van der Waals surface area contributed by atoms with Crippen molar-refractivity contribution >= 4 is 45.0 Å². The van der Waals surface area contributed by atoms with Gasteiger partial charge in [-0.2, -0.15) is 0 Å². The third kappa shape index (κ3) is 3.57. The van der Waals surface area contributed by atoms with Crippen LogP contribution in [0.15, 0.2) is 41.1 Å². The Hall–Kier alpha value is -1.10. The molecular formula is C15H13BrCl2N2O. The van der Waals surface area contributed by atoms with E-state index in [0.717, 1.165) is 5.56 Å². The Morgan fingerprint density at radius 2 is 2.05 bits per heavy atom. The molecule has 0 saturated carbocycles. The number of benzene rings is 1. The predicted molar refractivity (Wildman–Crippen MR) is 88.9 cm³/mol. The van der Waals surface area contributed by atoms with Crippen molar-refractivity contribution in [3.63, 3.8) is 0 Å². The Labute approximate surface area is 142 Å². The van der Waals surface area contributed by atoms with Crippen LogP contribution in [-0.4, -0.2) is 22.8 Å². The van der Waals surface area contributed by atoms with E-state index in [-0.39, 0.29) is 11.9 Å². The summed E-state index contributed by atoms with van der Waals surface area (Å²) in [7, 11) is 1.73. The van der Waals surface area contributed by atoms with Gasteiger partial charge in [-0.25, -0.2) is 4.98 Å². The predicted octanol–water partition coefficient (Wildman–Crippen LogP) is 4.98. The zero-order valence-electron chi connectivity index (χ0n) is 11.5. The third-order valence-electron chi connectivity index (χ3n) is 3.30. The highest BCUT2D eigenvalue weighted by atomic mass is 79.9. The highest BCUT2D eigenvalue weighted by Gasteiger charge is 2.22. The van der Waals surface area contributed by atoms with Crippen LogP contribution in [0.2, 0.25) is 10.0 Å². The fourth-order valence-electron chi connectivity index (χ4n) is 1.96. The smallest absolute Gasteiger partial charge is 0.256 e. The van der Waals surface area contributed by atoms with Crippen molar-refractivity contribution in [1.82, 2.24) is 9.88 Å². The minimum atomic E-state index is -0.186. The molecule has 3 nitrogen and oxygen atoms in total. The van der Waals surface area contributed by atoms with Gasteiger partial charge in [0.2, 0.25) is 0 Å². The van der Waals surface area contributed by atoms with E-state index in [1.54, 1.807) is 42.4 Å². The maximum absolute atomic E-state index is 12.5. The summed E-state index contributed by atoms with van der Waals surface area (Å²) in [5.74, 6) is -0.131. The lowest BCUT2D eigenvalue weighted by Gasteiger charge is -2.26. The molecule has 1 heterocycles. The normalized spacial score (nSPS) is 12.0. The summed E-state index contributed by atoms with van der Waals surface area (Å²) in [6.07, 6.45) is 1.63. The molecule has 110 valence electrons. The van der Waals surface area contributed by atoms with E-state index in [1.807, 2.05) is 13.0 Å². The van der Waals surface area contributed by atoms with E-state index in [4.69, 9.17) is 23.2 Å². The average Bonchev–Trinajstić information content (AvgIpc) is 2.45. The second-order valence-corrected chi connectivity index (χ2v) is 6.19. The topological polar surface area (TPSA) is 33.2 Å². The van der Waals surface area contributed by atoms with E-state index in [2.05, 4.69) is 20.9 Å². The van der Waals surface area contributed by atoms with Crippen LogP contribution < -0.4 is 0 Å². The second kappa shape index (κ2) is 6.77. The molecule has 1 atom stereocenters. The number of rotatable bonds is 3. The van der Waals surface area contributed by atoms with Gasteiger partial charge in [0.15, 0.2) is 0 Å². The average molecular weight is 388 g/mol. The molecule has 0 spiro atoms. The summed E-state index contributed by atoms with van der Waals surface area (Å²) in [5.41, 5.74) is 1.36. The standard InChI is InChI=1S/C15H13BrCl2N2O/c1-9(11-6-5-10(17)8-13(11)18)20(2)15(21)12-4-3-7-19-14(12)16/h3-9H,1-2H3. The number of aromatic nitrogens is 1. The molecule has 0 aliphatic rings. The van der Waals surface area contributed by atoms with Crippen LogP contribution in [-0.2, 0) is 0 Å². The molecule has 0 fully saturated rings. The Balaban J connectivity index is 2.29. The Bertz CT molecular complexity index is 678. The molecule has 1 aromatic carbocycles. The van der Waals surface area contributed by atoms with Crippen LogP contribution in [0, 0.1) is 0 Å². The lowest BCUT2D eigenvalue weighted by Crippen LogP contribution is -2.30. The number of amides is 1. The first-order valence-electron chi connectivity index (χ1n) is 6.24. The first-order valence-corrected chi connectivity index (χ1v) is 7.79. The lowest BCUT2D eigenvalue weighted by molar-refractivity contribution is 0.0741. The Morgan fingerprint density at radius 3 is 2.67 bits per heavy atom. The molecule has 0 aliphatic carbocycles. The number of carbonyl (C=O) groups is 1. The molecule has 0 aliphatic heterocycles. The van der Waals surface area contributed by atoms with Gasteiger partial charge >= 0.3 is 0 Å². The van der Waals surface area contributed by atoms with E-state index >= 15 is 0 Å². The summed E-state index contributed by atoms with van der Waals surface area (Å²) in [6.45, 7) is 1.91. The Kier molecular flexibility index (Phi) is 5.25. The summed E-state index contributed by atoms with van der Waals surface area (Å²) in [5, 5.41) is 1.11. The van der Waals surface area contributed by atoms with E-state index in [0.29, 0.717) is 20.2 Å². The van der Waals surface area contributed by atoms with Gasteiger partial charge in [-0.05, 0) is 52.7 Å². The van der Waals surface area contributed by atoms with Crippen LogP contribution in [0.1, 0.15) is 28.9 Å². The van der Waals surface area contributed by atoms with Crippen molar-refractivity contribution in [1.29, 1.82) is 0 Å². The van der Waals surface area contributed by atoms with E-state index < -0.39 is 0 Å². The van der Waals surface area contributed by atoms with Crippen LogP contribution in [0.3, 0.4) is 0 Å². The number of carbonyl (C=O) groups excluding carboxylic acids is 1. The molecule has 0 saturated heterocycles. The fourth-order valence-corrected chi connectivity index (χ4v) is 2.95. The quantitative estimate of drug-likeness (QED) is 0.695. The summed E-state index contributed by atoms with van der Waals surface area (Å²) >= 11 is 15.4. The molecule has 2 aromatic rings. The van der Waals surface area contributed by atoms with Crippen molar-refractivity contribution < 1.29 is 4.79 Å². The minimum absolute atomic E-state index is 0.131. The first-order chi connectivity index (χ1) is 9.91. The second-order valence-electron chi connectivity index (χ2n) is 4.60. The van der Waals surface area contributed by atoms with Gasteiger partial charge in [0.25, 0.3) is 5.91 Å². The zero-order chi connectivity index (χ0) is 15.6. The summed E-state index contributed by atoms with van der Waals surface area (Å²) < 4.78 is 0.524. The van der Waals surface area contributed by atoms with Crippen LogP contribution in [0.5, 0.6) is 0 Å². The third-order valence-corrected chi connectivity index (χ3v) is 4.50. The van der Waals surface area contributed by atoms with Gasteiger partial charge in [-0.3, -0.25) is 4.79 Å². The number of hydrogen-bond donors (Lipinski definition) is 0. The number of hydrogen-bond acceptors (Lipinski definition) is 2. The molecule has 0 bridgehead atoms. The highest BCUT2D eigenvalue weighted by molar-refractivity contribution is 9.10. The molecule has 1 aromatic heterocycles. The van der Waals surface area contributed by atoms with Crippen molar-refractivity contribution in [2.75, 3.05) is 7.05 Å². The van der Waals surface area contributed by atoms with E-state index in [9.17, 15) is 4.79 Å². The van der Waals surface area contributed by atoms with Crippen molar-refractivity contribution in [3.05, 3.63) is 62.3 Å². The maximum Gasteiger partial charge on any atom is 0.256 e. The number of halogens is 3. The van der Waals surface area contributed by atoms with Gasteiger partial charge in [-0.15, -0.1) is 0 Å². The number of nitrogens with zero attached hydrogens (tertiary/aromatic N) is 2. The number of pyridine rings is 1. The SMILES string of the molecule is CC(c1ccc(Cl)cc1Cl)N(C)C(=O)c1cccnc1Br. The molecule has 6 heteroatoms. The van der Waals surface area contributed by atoms with Crippen LogP contribution >= 0.6 is 39.1 Å². The van der Waals surface area contributed by atoms with Crippen molar-refractivity contribution in [2.45, 2.75) is 13.0 Å². The monoisotopic (exact) mass is 386 g/mol. The largest absolute Gasteiger partial charge is 0.335 e. The minimum Gasteiger partial charge on any atom is -0.335 e. The van der Waals surface area contributed by atoms with Gasteiger partial charge < -0.3 is 4.90 Å². The fraction of sp³-hybridized carbons (Fsp3) is 0.200. The van der Waals surface area contributed by atoms with Gasteiger partial charge in [0.05, 0.1) is 11.6 Å². The highest BCUT2D eigenvalue weighted by Crippen LogP contribution is 2.30. The van der Waals surface area contributed by atoms with Crippen LogP contribution in [0.25, 0.3) is 0 Å². The van der Waals surface area contributed by atoms with Gasteiger partial charge in [0.1, 0.15) is 4.60 Å². The Morgan fingerprint density at radius 1 is 1.33 bits per heavy atom. The zero-order valence-corrected chi connectivity index (χ0v) is 14.6. The molecule has 21 heavy (non-hydrogen) atoms. The van der Waals surface area contributed by atoms with Gasteiger partial charge in [0, 0.05) is 23.3 Å². The maximum atomic E-state index is 12.5. The molecule has 2 rings (SSSR count). The summed E-state index contributed by atoms with van der Waals surface area (Å²) in [6, 6.07) is 8.54. The molecule has 0 radical (unpaired) electrons. The van der Waals surface area contributed by atoms with Crippen LogP contribution in [0.4, 0.5) is 0 Å². The van der Waals surface area contributed by atoms with Crippen molar-refractivity contribution in [2.24, 2.45) is 0 Å². The van der Waals surface area contributed by atoms with E-state index in [1.165, 1.54) is 0 Å². The molecule has 1 amide bonds. The lowest BCUT2D eigenvalue weighted by atomic mass is 10.1. The van der Waals surface area contributed by atoms with Crippen molar-refractivity contribution in [3.8, 4) is 0 Å².